The predicted octanol–water partition coefficient (Wildman–Crippen LogP) is 4.44. The van der Waals surface area contributed by atoms with Crippen LogP contribution in [0.5, 0.6) is 5.75 Å². The second-order valence-corrected chi connectivity index (χ2v) is 7.34. The number of rotatable bonds is 5. The molecule has 0 saturated heterocycles. The van der Waals surface area contributed by atoms with Crippen molar-refractivity contribution in [2.24, 2.45) is 0 Å². The smallest absolute Gasteiger partial charge is 0.257 e. The summed E-state index contributed by atoms with van der Waals surface area (Å²) in [5, 5.41) is 18.7. The van der Waals surface area contributed by atoms with Crippen molar-refractivity contribution in [3.63, 3.8) is 0 Å². The standard InChI is InChI=1S/C24H23N3O2/c1-16-8-6-7-11-18(16)15-27(2)24(29)20-13-19-21(12-17-9-4-3-5-10-17)25-26-22(19)14-23(20)28/h3-11,13-14,28H,12,15H2,1-2H3,(H,25,26). The van der Waals surface area contributed by atoms with Gasteiger partial charge < -0.3 is 10.0 Å². The number of phenolic OH excluding ortho intramolecular Hbond substituents is 1. The number of H-pyrrole nitrogens is 1. The number of carbonyl (C=O) groups is 1. The molecule has 0 unspecified atom stereocenters. The van der Waals surface area contributed by atoms with Crippen LogP contribution in [0.4, 0.5) is 0 Å². The van der Waals surface area contributed by atoms with E-state index in [0.717, 1.165) is 27.8 Å². The van der Waals surface area contributed by atoms with Crippen LogP contribution in [0.3, 0.4) is 0 Å². The number of benzene rings is 3. The van der Waals surface area contributed by atoms with E-state index >= 15 is 0 Å². The fraction of sp³-hybridized carbons (Fsp3) is 0.167. The SMILES string of the molecule is Cc1ccccc1CN(C)C(=O)c1cc2c(Cc3ccccc3)n[nH]c2cc1O. The third kappa shape index (κ3) is 3.85. The number of carbonyl (C=O) groups excluding carboxylic acids is 1. The van der Waals surface area contributed by atoms with E-state index in [1.165, 1.54) is 0 Å². The summed E-state index contributed by atoms with van der Waals surface area (Å²) in [6, 6.07) is 21.3. The van der Waals surface area contributed by atoms with Gasteiger partial charge in [0.2, 0.25) is 0 Å². The van der Waals surface area contributed by atoms with Gasteiger partial charge in [0.15, 0.2) is 0 Å². The van der Waals surface area contributed by atoms with Gasteiger partial charge in [-0.1, -0.05) is 54.6 Å². The first-order chi connectivity index (χ1) is 14.0. The second kappa shape index (κ2) is 7.80. The van der Waals surface area contributed by atoms with Crippen LogP contribution in [-0.2, 0) is 13.0 Å². The van der Waals surface area contributed by atoms with Crippen LogP contribution in [0.2, 0.25) is 0 Å². The summed E-state index contributed by atoms with van der Waals surface area (Å²) in [7, 11) is 1.75. The minimum absolute atomic E-state index is 0.0472. The first-order valence-corrected chi connectivity index (χ1v) is 9.57. The molecule has 0 aliphatic carbocycles. The van der Waals surface area contributed by atoms with Crippen LogP contribution in [0, 0.1) is 6.92 Å². The summed E-state index contributed by atoms with van der Waals surface area (Å²) in [6.45, 7) is 2.50. The lowest BCUT2D eigenvalue weighted by atomic mass is 10.0. The molecule has 146 valence electrons. The molecule has 0 fully saturated rings. The van der Waals surface area contributed by atoms with E-state index in [2.05, 4.69) is 10.2 Å². The minimum Gasteiger partial charge on any atom is -0.507 e. The molecule has 0 spiro atoms. The number of aromatic hydroxyl groups is 1. The Hall–Kier alpha value is -3.60. The van der Waals surface area contributed by atoms with Crippen LogP contribution in [0.1, 0.15) is 32.7 Å². The van der Waals surface area contributed by atoms with Crippen molar-refractivity contribution in [2.75, 3.05) is 7.05 Å². The molecule has 1 heterocycles. The predicted molar refractivity (Wildman–Crippen MR) is 114 cm³/mol. The number of hydrogen-bond acceptors (Lipinski definition) is 3. The number of aryl methyl sites for hydroxylation is 1. The summed E-state index contributed by atoms with van der Waals surface area (Å²) in [5.41, 5.74) is 5.19. The number of hydrogen-bond donors (Lipinski definition) is 2. The molecular formula is C24H23N3O2. The van der Waals surface area contributed by atoms with Crippen molar-refractivity contribution < 1.29 is 9.90 Å². The lowest BCUT2D eigenvalue weighted by Crippen LogP contribution is -2.26. The van der Waals surface area contributed by atoms with Gasteiger partial charge in [-0.25, -0.2) is 0 Å². The minimum atomic E-state index is -0.223. The van der Waals surface area contributed by atoms with E-state index < -0.39 is 0 Å². The number of amides is 1. The molecule has 0 atom stereocenters. The lowest BCUT2D eigenvalue weighted by molar-refractivity contribution is 0.0782. The van der Waals surface area contributed by atoms with Crippen molar-refractivity contribution in [2.45, 2.75) is 19.9 Å². The molecule has 1 amide bonds. The van der Waals surface area contributed by atoms with Gasteiger partial charge in [-0.15, -0.1) is 0 Å². The van der Waals surface area contributed by atoms with Gasteiger partial charge in [-0.3, -0.25) is 9.89 Å². The van der Waals surface area contributed by atoms with Crippen LogP contribution in [0.25, 0.3) is 10.9 Å². The normalized spacial score (nSPS) is 11.0. The first kappa shape index (κ1) is 18.7. The van der Waals surface area contributed by atoms with E-state index in [9.17, 15) is 9.90 Å². The molecule has 4 aromatic rings. The van der Waals surface area contributed by atoms with Crippen LogP contribution < -0.4 is 0 Å². The van der Waals surface area contributed by atoms with Crippen LogP contribution in [-0.4, -0.2) is 33.2 Å². The molecule has 5 nitrogen and oxygen atoms in total. The van der Waals surface area contributed by atoms with Gasteiger partial charge in [0.05, 0.1) is 16.8 Å². The van der Waals surface area contributed by atoms with E-state index in [1.54, 1.807) is 24.1 Å². The summed E-state index contributed by atoms with van der Waals surface area (Å²) >= 11 is 0. The number of aromatic nitrogens is 2. The Morgan fingerprint density at radius 3 is 2.55 bits per heavy atom. The molecule has 0 bridgehead atoms. The quantitative estimate of drug-likeness (QED) is 0.534. The summed E-state index contributed by atoms with van der Waals surface area (Å²) in [4.78, 5) is 14.7. The van der Waals surface area contributed by atoms with Crippen molar-refractivity contribution in [1.82, 2.24) is 15.1 Å². The van der Waals surface area contributed by atoms with E-state index in [4.69, 9.17) is 0 Å². The highest BCUT2D eigenvalue weighted by molar-refractivity contribution is 6.01. The molecule has 4 rings (SSSR count). The highest BCUT2D eigenvalue weighted by atomic mass is 16.3. The topological polar surface area (TPSA) is 69.2 Å². The Kier molecular flexibility index (Phi) is 5.04. The van der Waals surface area contributed by atoms with Crippen molar-refractivity contribution in [3.8, 4) is 5.75 Å². The molecule has 1 aromatic heterocycles. The summed E-state index contributed by atoms with van der Waals surface area (Å²) in [6.07, 6.45) is 0.651. The largest absolute Gasteiger partial charge is 0.507 e. The van der Waals surface area contributed by atoms with Gasteiger partial charge in [-0.05, 0) is 29.7 Å². The third-order valence-electron chi connectivity index (χ3n) is 5.22. The number of nitrogens with zero attached hydrogens (tertiary/aromatic N) is 2. The number of aromatic amines is 1. The average molecular weight is 385 g/mol. The maximum Gasteiger partial charge on any atom is 0.257 e. The number of fused-ring (bicyclic) bond motifs is 1. The van der Waals surface area contributed by atoms with Crippen LogP contribution >= 0.6 is 0 Å². The van der Waals surface area contributed by atoms with Gasteiger partial charge in [0.1, 0.15) is 5.75 Å². The molecule has 0 radical (unpaired) electrons. The fourth-order valence-electron chi connectivity index (χ4n) is 3.52. The molecule has 0 aliphatic rings. The molecule has 0 saturated carbocycles. The average Bonchev–Trinajstić information content (AvgIpc) is 3.10. The fourth-order valence-corrected chi connectivity index (χ4v) is 3.52. The zero-order chi connectivity index (χ0) is 20.4. The van der Waals surface area contributed by atoms with Gasteiger partial charge >= 0.3 is 0 Å². The maximum absolute atomic E-state index is 13.1. The Balaban J connectivity index is 1.64. The molecule has 2 N–H and O–H groups in total. The van der Waals surface area contributed by atoms with Gasteiger partial charge in [0, 0.05) is 31.5 Å². The summed E-state index contributed by atoms with van der Waals surface area (Å²) < 4.78 is 0. The van der Waals surface area contributed by atoms with Gasteiger partial charge in [0.25, 0.3) is 5.91 Å². The molecule has 5 heteroatoms. The van der Waals surface area contributed by atoms with Crippen molar-refractivity contribution in [3.05, 3.63) is 94.7 Å². The zero-order valence-electron chi connectivity index (χ0n) is 16.5. The lowest BCUT2D eigenvalue weighted by Gasteiger charge is -2.19. The van der Waals surface area contributed by atoms with E-state index in [0.29, 0.717) is 18.5 Å². The summed E-state index contributed by atoms with van der Waals surface area (Å²) in [5.74, 6) is -0.270. The Labute approximate surface area is 169 Å². The number of phenols is 1. The Morgan fingerprint density at radius 1 is 1.07 bits per heavy atom. The highest BCUT2D eigenvalue weighted by Gasteiger charge is 2.19. The van der Waals surface area contributed by atoms with Gasteiger partial charge in [-0.2, -0.15) is 5.10 Å². The third-order valence-corrected chi connectivity index (χ3v) is 5.22. The van der Waals surface area contributed by atoms with Crippen LogP contribution in [0.15, 0.2) is 66.7 Å². The van der Waals surface area contributed by atoms with E-state index in [-0.39, 0.29) is 17.2 Å². The van der Waals surface area contributed by atoms with Crippen molar-refractivity contribution in [1.29, 1.82) is 0 Å². The molecule has 29 heavy (non-hydrogen) atoms. The molecular weight excluding hydrogens is 362 g/mol. The maximum atomic E-state index is 13.1. The first-order valence-electron chi connectivity index (χ1n) is 9.57. The monoisotopic (exact) mass is 385 g/mol. The zero-order valence-corrected chi connectivity index (χ0v) is 16.5. The molecule has 0 aliphatic heterocycles. The van der Waals surface area contributed by atoms with Crippen molar-refractivity contribution >= 4 is 16.8 Å². The number of nitrogens with one attached hydrogen (secondary N) is 1. The Morgan fingerprint density at radius 2 is 1.79 bits per heavy atom. The highest BCUT2D eigenvalue weighted by Crippen LogP contribution is 2.28. The second-order valence-electron chi connectivity index (χ2n) is 7.34. The molecule has 3 aromatic carbocycles. The Bertz CT molecular complexity index is 1170. The van der Waals surface area contributed by atoms with E-state index in [1.807, 2.05) is 61.5 Å².